The van der Waals surface area contributed by atoms with E-state index in [0.717, 1.165) is 5.69 Å². The van der Waals surface area contributed by atoms with Gasteiger partial charge in [0, 0.05) is 31.9 Å². The maximum absolute atomic E-state index is 13.8. The number of hydrogen-bond donors (Lipinski definition) is 1. The van der Waals surface area contributed by atoms with Crippen LogP contribution in [0.25, 0.3) is 0 Å². The summed E-state index contributed by atoms with van der Waals surface area (Å²) in [5.74, 6) is -0.497. The molecule has 0 aromatic heterocycles. The summed E-state index contributed by atoms with van der Waals surface area (Å²) >= 11 is 0. The van der Waals surface area contributed by atoms with E-state index in [0.29, 0.717) is 36.3 Å². The van der Waals surface area contributed by atoms with Crippen molar-refractivity contribution >= 4 is 29.2 Å². The van der Waals surface area contributed by atoms with Crippen LogP contribution in [0.15, 0.2) is 48.5 Å². The molecule has 2 aromatic rings. The number of carbonyl (C=O) groups excluding carboxylic acids is 4. The topological polar surface area (TPSA) is 99.3 Å². The summed E-state index contributed by atoms with van der Waals surface area (Å²) in [5, 5.41) is 2.91. The Labute approximate surface area is 223 Å². The third-order valence-electron chi connectivity index (χ3n) is 7.26. The summed E-state index contributed by atoms with van der Waals surface area (Å²) in [4.78, 5) is 58.4. The zero-order valence-corrected chi connectivity index (χ0v) is 22.6. The van der Waals surface area contributed by atoms with Gasteiger partial charge in [0.25, 0.3) is 11.8 Å². The Morgan fingerprint density at radius 3 is 2.37 bits per heavy atom. The molecule has 2 heterocycles. The summed E-state index contributed by atoms with van der Waals surface area (Å²) in [6, 6.07) is 12.2. The van der Waals surface area contributed by atoms with Crippen LogP contribution in [-0.2, 0) is 9.59 Å². The van der Waals surface area contributed by atoms with Gasteiger partial charge in [0.15, 0.2) is 5.78 Å². The molecule has 0 saturated carbocycles. The Kier molecular flexibility index (Phi) is 8.04. The molecule has 0 spiro atoms. The fourth-order valence-corrected chi connectivity index (χ4v) is 5.36. The quantitative estimate of drug-likeness (QED) is 0.575. The van der Waals surface area contributed by atoms with Crippen molar-refractivity contribution in [2.45, 2.75) is 44.8 Å². The molecule has 202 valence electrons. The van der Waals surface area contributed by atoms with E-state index >= 15 is 0 Å². The van der Waals surface area contributed by atoms with Crippen molar-refractivity contribution < 1.29 is 23.9 Å². The van der Waals surface area contributed by atoms with E-state index in [-0.39, 0.29) is 36.0 Å². The number of nitrogens with one attached hydrogen (secondary N) is 1. The first-order valence-electron chi connectivity index (χ1n) is 13.0. The first-order chi connectivity index (χ1) is 18.1. The second kappa shape index (κ2) is 11.2. The summed E-state index contributed by atoms with van der Waals surface area (Å²) in [5.41, 5.74) is 1.81. The second-order valence-electron chi connectivity index (χ2n) is 10.5. The zero-order valence-electron chi connectivity index (χ0n) is 22.6. The smallest absolute Gasteiger partial charge is 0.258 e. The molecule has 3 atom stereocenters. The highest BCUT2D eigenvalue weighted by molar-refractivity contribution is 6.04. The highest BCUT2D eigenvalue weighted by Gasteiger charge is 2.52. The Balaban J connectivity index is 1.51. The van der Waals surface area contributed by atoms with Gasteiger partial charge < -0.3 is 24.8 Å². The number of fused-ring (bicyclic) bond motifs is 1. The van der Waals surface area contributed by atoms with Crippen LogP contribution in [0, 0.1) is 5.92 Å². The van der Waals surface area contributed by atoms with Crippen LogP contribution >= 0.6 is 0 Å². The number of ketones is 1. The van der Waals surface area contributed by atoms with Gasteiger partial charge in [-0.3, -0.25) is 19.2 Å². The molecule has 0 bridgehead atoms. The van der Waals surface area contributed by atoms with E-state index in [4.69, 9.17) is 4.74 Å². The van der Waals surface area contributed by atoms with Crippen LogP contribution in [0.1, 0.15) is 47.4 Å². The number of rotatable bonds is 8. The molecule has 3 amide bonds. The minimum Gasteiger partial charge on any atom is -0.496 e. The Morgan fingerprint density at radius 2 is 1.74 bits per heavy atom. The summed E-state index contributed by atoms with van der Waals surface area (Å²) in [6.45, 7) is 4.26. The van der Waals surface area contributed by atoms with E-state index in [1.54, 1.807) is 46.2 Å². The van der Waals surface area contributed by atoms with Gasteiger partial charge in [-0.15, -0.1) is 0 Å². The maximum atomic E-state index is 13.8. The molecule has 1 N–H and O–H groups in total. The number of anilines is 1. The van der Waals surface area contributed by atoms with Crippen molar-refractivity contribution in [1.29, 1.82) is 0 Å². The minimum atomic E-state index is -0.776. The minimum absolute atomic E-state index is 0.0601. The summed E-state index contributed by atoms with van der Waals surface area (Å²) < 4.78 is 5.34. The zero-order chi connectivity index (χ0) is 27.6. The van der Waals surface area contributed by atoms with Gasteiger partial charge in [0.05, 0.1) is 25.3 Å². The molecular formula is C29H36N4O5. The first kappa shape index (κ1) is 27.2. The highest BCUT2D eigenvalue weighted by atomic mass is 16.5. The largest absolute Gasteiger partial charge is 0.496 e. The predicted octanol–water partition coefficient (Wildman–Crippen LogP) is 2.60. The molecule has 9 nitrogen and oxygen atoms in total. The summed E-state index contributed by atoms with van der Waals surface area (Å²) in [6.07, 6.45) is 0.934. The molecule has 4 rings (SSSR count). The van der Waals surface area contributed by atoms with Gasteiger partial charge >= 0.3 is 0 Å². The van der Waals surface area contributed by atoms with Crippen LogP contribution in [0.2, 0.25) is 0 Å². The second-order valence-corrected chi connectivity index (χ2v) is 10.5. The third-order valence-corrected chi connectivity index (χ3v) is 7.26. The Bertz CT molecular complexity index is 1210. The van der Waals surface area contributed by atoms with Crippen LogP contribution in [0.4, 0.5) is 5.69 Å². The lowest BCUT2D eigenvalue weighted by Crippen LogP contribution is -2.53. The number of nitrogens with zero attached hydrogens (tertiary/aromatic N) is 3. The van der Waals surface area contributed by atoms with Gasteiger partial charge in [-0.2, -0.15) is 0 Å². The number of ether oxygens (including phenoxy) is 1. The normalized spacial score (nSPS) is 19.4. The molecule has 0 radical (unpaired) electrons. The lowest BCUT2D eigenvalue weighted by Gasteiger charge is -2.29. The van der Waals surface area contributed by atoms with Gasteiger partial charge in [-0.1, -0.05) is 26.0 Å². The monoisotopic (exact) mass is 520 g/mol. The number of Topliss-reactive ketones (excluding diaryl/α,β-unsaturated/α-hetero) is 1. The van der Waals surface area contributed by atoms with Crippen molar-refractivity contribution in [3.8, 4) is 5.75 Å². The molecular weight excluding hydrogens is 484 g/mol. The van der Waals surface area contributed by atoms with Gasteiger partial charge in [-0.05, 0) is 55.2 Å². The molecule has 9 heteroatoms. The number of likely N-dealkylation sites (tertiary alicyclic amines) is 2. The highest BCUT2D eigenvalue weighted by Crippen LogP contribution is 2.33. The van der Waals surface area contributed by atoms with Crippen molar-refractivity contribution in [2.24, 2.45) is 5.92 Å². The van der Waals surface area contributed by atoms with E-state index in [2.05, 4.69) is 5.32 Å². The van der Waals surface area contributed by atoms with E-state index < -0.39 is 18.1 Å². The van der Waals surface area contributed by atoms with Crippen molar-refractivity contribution in [3.05, 3.63) is 59.7 Å². The lowest BCUT2D eigenvalue weighted by molar-refractivity contribution is -0.138. The van der Waals surface area contributed by atoms with Gasteiger partial charge in [0.2, 0.25) is 5.91 Å². The number of amides is 3. The Morgan fingerprint density at radius 1 is 1.05 bits per heavy atom. The number of methoxy groups -OCH3 is 1. The number of carbonyl (C=O) groups is 4. The number of benzene rings is 2. The molecule has 2 aliphatic heterocycles. The Hall–Kier alpha value is -3.88. The molecule has 0 unspecified atom stereocenters. The fourth-order valence-electron chi connectivity index (χ4n) is 5.36. The average molecular weight is 521 g/mol. The average Bonchev–Trinajstić information content (AvgIpc) is 3.48. The molecule has 2 aromatic carbocycles. The SMILES string of the molecule is COc1ccccc1C(=O)N1CC(=O)[C@@H]2[C@H]1CCN2C(=O)[C@H](CC(C)C)NC(=O)c1ccc(N(C)C)cc1. The van der Waals surface area contributed by atoms with Crippen molar-refractivity contribution in [1.82, 2.24) is 15.1 Å². The molecule has 2 saturated heterocycles. The van der Waals surface area contributed by atoms with Crippen LogP contribution in [-0.4, -0.2) is 85.7 Å². The molecule has 2 aliphatic rings. The molecule has 0 aliphatic carbocycles. The van der Waals surface area contributed by atoms with Crippen molar-refractivity contribution in [2.75, 3.05) is 39.2 Å². The predicted molar refractivity (Wildman–Crippen MR) is 144 cm³/mol. The van der Waals surface area contributed by atoms with Crippen LogP contribution < -0.4 is 15.0 Å². The molecule has 2 fully saturated rings. The van der Waals surface area contributed by atoms with E-state index in [1.807, 2.05) is 45.0 Å². The first-order valence-corrected chi connectivity index (χ1v) is 13.0. The van der Waals surface area contributed by atoms with Gasteiger partial charge in [0.1, 0.15) is 17.8 Å². The maximum Gasteiger partial charge on any atom is 0.258 e. The van der Waals surface area contributed by atoms with Crippen molar-refractivity contribution in [3.63, 3.8) is 0 Å². The fraction of sp³-hybridized carbons (Fsp3) is 0.448. The molecule has 38 heavy (non-hydrogen) atoms. The van der Waals surface area contributed by atoms with Crippen LogP contribution in [0.3, 0.4) is 0 Å². The van der Waals surface area contributed by atoms with Gasteiger partial charge in [-0.25, -0.2) is 0 Å². The number of para-hydroxylation sites is 1. The van der Waals surface area contributed by atoms with E-state index in [1.165, 1.54) is 7.11 Å². The summed E-state index contributed by atoms with van der Waals surface area (Å²) in [7, 11) is 5.34. The lowest BCUT2D eigenvalue weighted by atomic mass is 10.0. The number of hydrogen-bond acceptors (Lipinski definition) is 6. The van der Waals surface area contributed by atoms with Crippen LogP contribution in [0.5, 0.6) is 5.75 Å². The third kappa shape index (κ3) is 5.37. The standard InChI is InChI=1S/C29H36N4O5/c1-18(2)16-22(30-27(35)19-10-12-20(13-11-19)31(3)4)29(37)32-15-14-23-26(32)24(34)17-33(23)28(36)21-8-6-7-9-25(21)38-5/h6-13,18,22-23,26H,14-17H2,1-5H3,(H,30,35)/t22-,23+,26-/m0/s1. The van der Waals surface area contributed by atoms with E-state index in [9.17, 15) is 19.2 Å².